The largest absolute Gasteiger partial charge is 0.345 e. The summed E-state index contributed by atoms with van der Waals surface area (Å²) in [6.45, 7) is 9.18. The fourth-order valence-corrected chi connectivity index (χ4v) is 4.57. The molecule has 190 valence electrons. The van der Waals surface area contributed by atoms with Crippen molar-refractivity contribution in [3.05, 3.63) is 96.1 Å². The molecule has 0 bridgehead atoms. The van der Waals surface area contributed by atoms with E-state index in [9.17, 15) is 9.59 Å². The summed E-state index contributed by atoms with van der Waals surface area (Å²) in [6, 6.07) is 16.0. The number of Topliss-reactive ketones (excluding diaryl/α,β-unsaturated/α-hetero) is 1. The van der Waals surface area contributed by atoms with Crippen LogP contribution in [0.2, 0.25) is 0 Å². The fraction of sp³-hybridized carbons (Fsp3) is 0.333. The lowest BCUT2D eigenvalue weighted by Crippen LogP contribution is -2.52. The van der Waals surface area contributed by atoms with Crippen LogP contribution in [0.5, 0.6) is 0 Å². The Morgan fingerprint density at radius 2 is 1.86 bits per heavy atom. The molecule has 2 aromatic rings. The molecule has 0 spiro atoms. The number of allylic oxidation sites excluding steroid dienone is 4. The molecule has 0 aliphatic carbocycles. The number of ketones is 1. The van der Waals surface area contributed by atoms with Gasteiger partial charge < -0.3 is 14.7 Å². The number of nitrogens with two attached hydrogens (primary N) is 1. The van der Waals surface area contributed by atoms with E-state index in [1.807, 2.05) is 67.4 Å². The Morgan fingerprint density at radius 3 is 2.53 bits per heavy atom. The Hall–Kier alpha value is -3.64. The molecule has 1 atom stereocenters. The van der Waals surface area contributed by atoms with E-state index in [0.717, 1.165) is 29.8 Å². The first-order valence-corrected chi connectivity index (χ1v) is 12.6. The third-order valence-electron chi connectivity index (χ3n) is 6.59. The molecule has 1 heterocycles. The normalized spacial score (nSPS) is 15.3. The molecule has 1 aliphatic heterocycles. The lowest BCUT2D eigenvalue weighted by molar-refractivity contribution is -0.129. The van der Waals surface area contributed by atoms with Crippen LogP contribution in [-0.2, 0) is 22.4 Å². The number of fused-ring (bicyclic) bond motifs is 1. The van der Waals surface area contributed by atoms with Crippen molar-refractivity contribution in [2.45, 2.75) is 39.4 Å². The highest BCUT2D eigenvalue weighted by Crippen LogP contribution is 2.41. The van der Waals surface area contributed by atoms with Gasteiger partial charge in [-0.2, -0.15) is 0 Å². The number of hydrogen-bond donors (Lipinski definition) is 1. The highest BCUT2D eigenvalue weighted by atomic mass is 16.2. The molecule has 6 heteroatoms. The zero-order valence-electron chi connectivity index (χ0n) is 21.7. The number of likely N-dealkylation sites (N-methyl/N-ethyl adjacent to an activating group) is 1. The van der Waals surface area contributed by atoms with Crippen molar-refractivity contribution in [3.8, 4) is 0 Å². The second kappa shape index (κ2) is 12.9. The van der Waals surface area contributed by atoms with Crippen molar-refractivity contribution in [3.63, 3.8) is 0 Å². The summed E-state index contributed by atoms with van der Waals surface area (Å²) in [4.78, 5) is 31.7. The van der Waals surface area contributed by atoms with Gasteiger partial charge in [-0.1, -0.05) is 80.3 Å². The van der Waals surface area contributed by atoms with Gasteiger partial charge in [-0.05, 0) is 37.0 Å². The van der Waals surface area contributed by atoms with Gasteiger partial charge in [-0.25, -0.2) is 0 Å². The quantitative estimate of drug-likeness (QED) is 0.354. The van der Waals surface area contributed by atoms with E-state index in [1.165, 1.54) is 5.56 Å². The molecule has 6 nitrogen and oxygen atoms in total. The second-order valence-electron chi connectivity index (χ2n) is 8.97. The first-order valence-electron chi connectivity index (χ1n) is 12.6. The number of carbonyl (C=O) groups is 2. The number of rotatable bonds is 12. The van der Waals surface area contributed by atoms with Crippen LogP contribution in [0.1, 0.15) is 31.4 Å². The van der Waals surface area contributed by atoms with Gasteiger partial charge in [-0.3, -0.25) is 15.3 Å². The molecule has 1 aliphatic rings. The van der Waals surface area contributed by atoms with E-state index in [4.69, 9.17) is 5.73 Å². The van der Waals surface area contributed by atoms with Gasteiger partial charge in [0.15, 0.2) is 12.1 Å². The maximum atomic E-state index is 13.1. The minimum absolute atomic E-state index is 0.00648. The number of benzene rings is 2. The van der Waals surface area contributed by atoms with E-state index in [1.54, 1.807) is 23.1 Å². The van der Waals surface area contributed by atoms with Gasteiger partial charge in [0, 0.05) is 25.7 Å². The monoisotopic (exact) mass is 486 g/mol. The molecule has 36 heavy (non-hydrogen) atoms. The number of para-hydroxylation sites is 1. The molecule has 2 aromatic carbocycles. The second-order valence-corrected chi connectivity index (χ2v) is 8.97. The fourth-order valence-electron chi connectivity index (χ4n) is 4.57. The summed E-state index contributed by atoms with van der Waals surface area (Å²) >= 11 is 0. The molecular weight excluding hydrogens is 448 g/mol. The molecule has 0 radical (unpaired) electrons. The standard InChI is InChI=1S/C30H38N4O2/c1-5-8-16-24(6-2)27(35)22-34-26-18-12-17-25(7-3)29(26)33(30(34)31)20-13-19-32(4)28(36)21-23-14-10-9-11-15-23/h5-6,8-12,14-18,30H,1,7,13,19-22,31H2,2-4H3/b16-8-,24-6+/t30-/m0/s1. The third-order valence-corrected chi connectivity index (χ3v) is 6.59. The highest BCUT2D eigenvalue weighted by molar-refractivity contribution is 6.02. The Morgan fingerprint density at radius 1 is 1.11 bits per heavy atom. The van der Waals surface area contributed by atoms with E-state index in [2.05, 4.69) is 24.5 Å². The third kappa shape index (κ3) is 6.32. The van der Waals surface area contributed by atoms with Gasteiger partial charge in [-0.15, -0.1) is 0 Å². The average molecular weight is 487 g/mol. The number of anilines is 2. The predicted octanol–water partition coefficient (Wildman–Crippen LogP) is 4.47. The molecule has 0 fully saturated rings. The number of aryl methyl sites for hydroxylation is 1. The van der Waals surface area contributed by atoms with E-state index in [-0.39, 0.29) is 18.2 Å². The van der Waals surface area contributed by atoms with Crippen LogP contribution >= 0.6 is 0 Å². The van der Waals surface area contributed by atoms with Crippen LogP contribution in [0.4, 0.5) is 11.4 Å². The molecule has 2 N–H and O–H groups in total. The van der Waals surface area contributed by atoms with Crippen LogP contribution in [0.3, 0.4) is 0 Å². The molecule has 0 saturated heterocycles. The molecule has 0 saturated carbocycles. The van der Waals surface area contributed by atoms with Crippen LogP contribution < -0.4 is 15.5 Å². The lowest BCUT2D eigenvalue weighted by Gasteiger charge is -2.30. The smallest absolute Gasteiger partial charge is 0.226 e. The average Bonchev–Trinajstić information content (AvgIpc) is 3.15. The predicted molar refractivity (Wildman–Crippen MR) is 149 cm³/mol. The SMILES string of the molecule is C=C/C=C\C(=C/C)C(=O)CN1c2cccc(CC)c2N(CCCN(C)C(=O)Cc2ccccc2)[C@@H]1N. The number of carbonyl (C=O) groups excluding carboxylic acids is 2. The number of amides is 1. The van der Waals surface area contributed by atoms with Gasteiger partial charge in [0.2, 0.25) is 5.91 Å². The maximum absolute atomic E-state index is 13.1. The first kappa shape index (κ1) is 27.0. The minimum atomic E-state index is -0.455. The number of hydrogen-bond acceptors (Lipinski definition) is 5. The molecular formula is C30H38N4O2. The van der Waals surface area contributed by atoms with Crippen LogP contribution in [0, 0.1) is 0 Å². The van der Waals surface area contributed by atoms with Crippen molar-refractivity contribution < 1.29 is 9.59 Å². The first-order chi connectivity index (χ1) is 17.4. The molecule has 1 amide bonds. The van der Waals surface area contributed by atoms with Crippen LogP contribution in [0.15, 0.2) is 85.0 Å². The Balaban J connectivity index is 1.70. The summed E-state index contributed by atoms with van der Waals surface area (Å²) in [5.74, 6) is 0.104. The van der Waals surface area contributed by atoms with Crippen LogP contribution in [0.25, 0.3) is 0 Å². The minimum Gasteiger partial charge on any atom is -0.345 e. The molecule has 0 unspecified atom stereocenters. The van der Waals surface area contributed by atoms with Crippen molar-refractivity contribution in [2.75, 3.05) is 36.5 Å². The summed E-state index contributed by atoms with van der Waals surface area (Å²) < 4.78 is 0. The zero-order valence-corrected chi connectivity index (χ0v) is 21.7. The van der Waals surface area contributed by atoms with E-state index >= 15 is 0 Å². The van der Waals surface area contributed by atoms with Gasteiger partial charge in [0.25, 0.3) is 0 Å². The Kier molecular flexibility index (Phi) is 9.65. The van der Waals surface area contributed by atoms with E-state index in [0.29, 0.717) is 25.1 Å². The Labute approximate surface area is 215 Å². The summed E-state index contributed by atoms with van der Waals surface area (Å²) in [7, 11) is 1.85. The lowest BCUT2D eigenvalue weighted by atomic mass is 10.1. The van der Waals surface area contributed by atoms with Crippen molar-refractivity contribution >= 4 is 23.1 Å². The van der Waals surface area contributed by atoms with Crippen molar-refractivity contribution in [2.24, 2.45) is 5.73 Å². The maximum Gasteiger partial charge on any atom is 0.226 e. The number of nitrogens with zero attached hydrogens (tertiary/aromatic N) is 3. The summed E-state index contributed by atoms with van der Waals surface area (Å²) in [5, 5.41) is 0. The summed E-state index contributed by atoms with van der Waals surface area (Å²) in [5.41, 5.74) is 11.6. The van der Waals surface area contributed by atoms with Gasteiger partial charge >= 0.3 is 0 Å². The van der Waals surface area contributed by atoms with Crippen LogP contribution in [-0.4, -0.2) is 49.6 Å². The van der Waals surface area contributed by atoms with Gasteiger partial charge in [0.1, 0.15) is 0 Å². The van der Waals surface area contributed by atoms with Crippen molar-refractivity contribution in [1.29, 1.82) is 0 Å². The van der Waals surface area contributed by atoms with Crippen molar-refractivity contribution in [1.82, 2.24) is 4.90 Å². The zero-order chi connectivity index (χ0) is 26.1. The highest BCUT2D eigenvalue weighted by Gasteiger charge is 2.35. The topological polar surface area (TPSA) is 69.9 Å². The Bertz CT molecular complexity index is 1120. The molecule has 0 aromatic heterocycles. The summed E-state index contributed by atoms with van der Waals surface area (Å²) in [6.07, 6.45) is 8.59. The van der Waals surface area contributed by atoms with Gasteiger partial charge in [0.05, 0.1) is 24.3 Å². The molecule has 3 rings (SSSR count). The van der Waals surface area contributed by atoms with E-state index < -0.39 is 6.29 Å².